The Kier molecular flexibility index (Phi) is 5.70. The molecular formula is C29H28F3N3O4. The van der Waals surface area contributed by atoms with Crippen molar-refractivity contribution in [3.8, 4) is 5.75 Å². The van der Waals surface area contributed by atoms with Gasteiger partial charge in [0.05, 0.1) is 28.6 Å². The van der Waals surface area contributed by atoms with Crippen LogP contribution in [0.25, 0.3) is 11.0 Å². The number of carbonyl (C=O) groups is 1. The summed E-state index contributed by atoms with van der Waals surface area (Å²) in [6, 6.07) is 9.38. The molecule has 2 unspecified atom stereocenters. The van der Waals surface area contributed by atoms with E-state index < -0.39 is 35.2 Å². The summed E-state index contributed by atoms with van der Waals surface area (Å²) in [5, 5.41) is 10.2. The Labute approximate surface area is 223 Å². The largest absolute Gasteiger partial charge is 0.523 e. The number of hydrogen-bond acceptors (Lipinski definition) is 5. The number of rotatable bonds is 5. The zero-order valence-electron chi connectivity index (χ0n) is 21.7. The number of aliphatic carboxylic acids is 1. The van der Waals surface area contributed by atoms with Crippen LogP contribution >= 0.6 is 0 Å². The number of aryl methyl sites for hydroxylation is 1. The Bertz CT molecular complexity index is 1540. The Morgan fingerprint density at radius 2 is 2.00 bits per heavy atom. The molecule has 2 aliphatic carbocycles. The minimum Gasteiger partial charge on any atom is -0.487 e. The van der Waals surface area contributed by atoms with Crippen molar-refractivity contribution in [1.82, 2.24) is 14.5 Å². The summed E-state index contributed by atoms with van der Waals surface area (Å²) >= 11 is 0. The Hall–Kier alpha value is -3.66. The molecule has 6 rings (SSSR count). The van der Waals surface area contributed by atoms with Gasteiger partial charge in [-0.2, -0.15) is 0 Å². The van der Waals surface area contributed by atoms with Crippen LogP contribution in [0.1, 0.15) is 49.7 Å². The fourth-order valence-corrected chi connectivity index (χ4v) is 6.47. The molecule has 0 amide bonds. The maximum absolute atomic E-state index is 13.4. The van der Waals surface area contributed by atoms with Gasteiger partial charge in [0.1, 0.15) is 23.8 Å². The molecule has 1 N–H and O–H groups in total. The molecule has 3 aliphatic rings. The van der Waals surface area contributed by atoms with E-state index in [0.717, 1.165) is 16.8 Å². The summed E-state index contributed by atoms with van der Waals surface area (Å²) in [5.41, 5.74) is 2.07. The van der Waals surface area contributed by atoms with Gasteiger partial charge in [0.15, 0.2) is 0 Å². The van der Waals surface area contributed by atoms with Crippen molar-refractivity contribution in [2.45, 2.75) is 64.6 Å². The van der Waals surface area contributed by atoms with Crippen molar-refractivity contribution in [3.05, 3.63) is 76.9 Å². The van der Waals surface area contributed by atoms with Crippen LogP contribution in [0.15, 0.2) is 59.8 Å². The minimum absolute atomic E-state index is 0.195. The van der Waals surface area contributed by atoms with Gasteiger partial charge in [-0.05, 0) is 61.6 Å². The van der Waals surface area contributed by atoms with Crippen molar-refractivity contribution in [2.75, 3.05) is 0 Å². The quantitative estimate of drug-likeness (QED) is 0.396. The lowest BCUT2D eigenvalue weighted by molar-refractivity contribution is -0.350. The lowest BCUT2D eigenvalue weighted by atomic mass is 9.58. The van der Waals surface area contributed by atoms with Gasteiger partial charge in [-0.15, -0.1) is 13.2 Å². The van der Waals surface area contributed by atoms with Gasteiger partial charge < -0.3 is 14.4 Å². The van der Waals surface area contributed by atoms with Crippen LogP contribution < -0.4 is 4.74 Å². The number of allylic oxidation sites excluding steroid dienone is 2. The molecule has 1 aliphatic heterocycles. The first-order chi connectivity index (χ1) is 18.4. The summed E-state index contributed by atoms with van der Waals surface area (Å²) in [5.74, 6) is -1.33. The van der Waals surface area contributed by atoms with Crippen LogP contribution in [-0.4, -0.2) is 37.6 Å². The second-order valence-electron chi connectivity index (χ2n) is 11.1. The van der Waals surface area contributed by atoms with Crippen LogP contribution in [-0.2, 0) is 22.7 Å². The van der Waals surface area contributed by atoms with E-state index >= 15 is 0 Å². The van der Waals surface area contributed by atoms with E-state index in [1.165, 1.54) is 13.0 Å². The third-order valence-electron chi connectivity index (χ3n) is 8.25. The molecule has 204 valence electrons. The van der Waals surface area contributed by atoms with Gasteiger partial charge in [-0.25, -0.2) is 4.98 Å². The summed E-state index contributed by atoms with van der Waals surface area (Å²) in [7, 11) is 0. The number of ether oxygens (including phenoxy) is 2. The molecule has 10 heteroatoms. The van der Waals surface area contributed by atoms with Crippen LogP contribution in [0.2, 0.25) is 0 Å². The number of aromatic nitrogens is 3. The smallest absolute Gasteiger partial charge is 0.487 e. The van der Waals surface area contributed by atoms with E-state index in [1.54, 1.807) is 18.3 Å². The maximum atomic E-state index is 13.4. The normalized spacial score (nSPS) is 27.8. The lowest BCUT2D eigenvalue weighted by Gasteiger charge is -2.51. The molecule has 4 atom stereocenters. The molecule has 0 fully saturated rings. The Morgan fingerprint density at radius 1 is 1.21 bits per heavy atom. The van der Waals surface area contributed by atoms with Gasteiger partial charge >= 0.3 is 12.3 Å². The van der Waals surface area contributed by atoms with E-state index in [2.05, 4.69) is 9.72 Å². The number of alkyl halides is 3. The third kappa shape index (κ3) is 4.30. The van der Waals surface area contributed by atoms with Gasteiger partial charge in [0.25, 0.3) is 0 Å². The predicted molar refractivity (Wildman–Crippen MR) is 136 cm³/mol. The number of carboxylic acid groups (broad SMARTS) is 1. The highest BCUT2D eigenvalue weighted by Crippen LogP contribution is 2.59. The van der Waals surface area contributed by atoms with Crippen molar-refractivity contribution in [1.29, 1.82) is 0 Å². The highest BCUT2D eigenvalue weighted by Gasteiger charge is 2.55. The predicted octanol–water partition coefficient (Wildman–Crippen LogP) is 6.08. The Morgan fingerprint density at radius 3 is 2.69 bits per heavy atom. The summed E-state index contributed by atoms with van der Waals surface area (Å²) < 4.78 is 52.9. The van der Waals surface area contributed by atoms with Crippen LogP contribution in [0.4, 0.5) is 13.2 Å². The minimum atomic E-state index is -4.84. The summed E-state index contributed by atoms with van der Waals surface area (Å²) in [6.45, 7) is 6.00. The number of hydrogen-bond donors (Lipinski definition) is 1. The standard InChI is InChI=1S/C29H28F3N3O4/c1-16-4-5-17(33-13-16)14-38-18-6-9-21-22(12-18)35-15-27(2)10-11-28(3,39-29(30,31)32)20-8-7-19(26(36)37)23(24(20)27)25(35)34-21/h4-6,9-13,19,23H,7-8,14-15H2,1-3H3,(H,36,37)/t19-,23-,27?,28?/m1/s1. The molecular weight excluding hydrogens is 511 g/mol. The number of fused-ring (bicyclic) bond motifs is 4. The zero-order valence-corrected chi connectivity index (χ0v) is 21.7. The molecule has 0 radical (unpaired) electrons. The highest BCUT2D eigenvalue weighted by molar-refractivity contribution is 5.80. The zero-order chi connectivity index (χ0) is 27.7. The SMILES string of the molecule is Cc1ccc(COc2ccc3nc4n(c3c2)CC2(C)C=CC(C)(OC(F)(F)F)C3=C2[C@H]4[C@H](C(=O)O)CC3)nc1. The molecule has 1 aromatic carbocycles. The van der Waals surface area contributed by atoms with Crippen LogP contribution in [0, 0.1) is 18.3 Å². The molecule has 0 bridgehead atoms. The fraction of sp³-hybridized carbons (Fsp3) is 0.414. The average molecular weight is 540 g/mol. The van der Waals surface area contributed by atoms with E-state index in [9.17, 15) is 23.1 Å². The second-order valence-corrected chi connectivity index (χ2v) is 11.1. The Balaban J connectivity index is 1.45. The van der Waals surface area contributed by atoms with Gasteiger partial charge in [-0.1, -0.05) is 25.1 Å². The number of pyridine rings is 1. The molecule has 0 saturated heterocycles. The average Bonchev–Trinajstić information content (AvgIpc) is 3.22. The summed E-state index contributed by atoms with van der Waals surface area (Å²) in [4.78, 5) is 21.6. The molecule has 0 spiro atoms. The molecule has 0 saturated carbocycles. The maximum Gasteiger partial charge on any atom is 0.523 e. The van der Waals surface area contributed by atoms with Gasteiger partial charge in [0, 0.05) is 24.2 Å². The number of nitrogens with zero attached hydrogens (tertiary/aromatic N) is 3. The molecule has 2 aromatic heterocycles. The number of imidazole rings is 1. The topological polar surface area (TPSA) is 86.5 Å². The molecule has 7 nitrogen and oxygen atoms in total. The lowest BCUT2D eigenvalue weighted by Crippen LogP contribution is -2.49. The van der Waals surface area contributed by atoms with Gasteiger partial charge in [-0.3, -0.25) is 14.5 Å². The fourth-order valence-electron chi connectivity index (χ4n) is 6.47. The first-order valence-electron chi connectivity index (χ1n) is 12.9. The van der Waals surface area contributed by atoms with E-state index in [-0.39, 0.29) is 19.4 Å². The van der Waals surface area contributed by atoms with Gasteiger partial charge in [0.2, 0.25) is 0 Å². The van der Waals surface area contributed by atoms with E-state index in [4.69, 9.17) is 9.72 Å². The van der Waals surface area contributed by atoms with Crippen molar-refractivity contribution in [2.24, 2.45) is 11.3 Å². The number of halogens is 3. The summed E-state index contributed by atoms with van der Waals surface area (Å²) in [6.07, 6.45) is 0.561. The third-order valence-corrected chi connectivity index (χ3v) is 8.25. The van der Waals surface area contributed by atoms with Crippen molar-refractivity contribution < 1.29 is 32.5 Å². The van der Waals surface area contributed by atoms with Crippen molar-refractivity contribution in [3.63, 3.8) is 0 Å². The number of carboxylic acids is 1. The first-order valence-corrected chi connectivity index (χ1v) is 12.9. The van der Waals surface area contributed by atoms with E-state index in [0.29, 0.717) is 34.8 Å². The molecule has 3 heterocycles. The van der Waals surface area contributed by atoms with Crippen LogP contribution in [0.3, 0.4) is 0 Å². The first kappa shape index (κ1) is 25.6. The second kappa shape index (κ2) is 8.67. The van der Waals surface area contributed by atoms with E-state index in [1.807, 2.05) is 42.7 Å². The molecule has 39 heavy (non-hydrogen) atoms. The van der Waals surface area contributed by atoms with Crippen molar-refractivity contribution >= 4 is 17.0 Å². The highest BCUT2D eigenvalue weighted by atomic mass is 19.4. The molecule has 3 aromatic rings. The monoisotopic (exact) mass is 539 g/mol. The number of benzene rings is 1. The van der Waals surface area contributed by atoms with Crippen LogP contribution in [0.5, 0.6) is 5.75 Å².